The number of nitrogens with zero attached hydrogens (tertiary/aromatic N) is 1. The fraction of sp³-hybridized carbons (Fsp3) is 0.562. The second-order valence-corrected chi connectivity index (χ2v) is 7.05. The van der Waals surface area contributed by atoms with Gasteiger partial charge in [0.25, 0.3) is 0 Å². The number of urea groups is 1. The molecule has 1 aliphatic heterocycles. The summed E-state index contributed by atoms with van der Waals surface area (Å²) in [4.78, 5) is 13.3. The van der Waals surface area contributed by atoms with Gasteiger partial charge in [0.2, 0.25) is 0 Å². The molecule has 1 aliphatic rings. The van der Waals surface area contributed by atoms with Crippen molar-refractivity contribution in [3.63, 3.8) is 0 Å². The van der Waals surface area contributed by atoms with Crippen molar-refractivity contribution < 1.29 is 18.0 Å². The number of nitrogens with one attached hydrogen (secondary N) is 2. The highest BCUT2D eigenvalue weighted by Crippen LogP contribution is 2.22. The van der Waals surface area contributed by atoms with Crippen molar-refractivity contribution in [2.24, 2.45) is 5.92 Å². The molecule has 8 heteroatoms. The second kappa shape index (κ2) is 8.20. The summed E-state index contributed by atoms with van der Waals surface area (Å²) in [6, 6.07) is 7.18. The van der Waals surface area contributed by atoms with Gasteiger partial charge in [0.05, 0.1) is 12.6 Å². The van der Waals surface area contributed by atoms with Gasteiger partial charge in [-0.3, -0.25) is 4.90 Å². The van der Waals surface area contributed by atoms with E-state index in [4.69, 9.17) is 0 Å². The first-order valence-corrected chi connectivity index (χ1v) is 8.61. The van der Waals surface area contributed by atoms with Crippen LogP contribution in [0.25, 0.3) is 0 Å². The van der Waals surface area contributed by atoms with E-state index < -0.39 is 12.7 Å². The molecule has 2 atom stereocenters. The quantitative estimate of drug-likeness (QED) is 0.781. The molecular weight excluding hydrogens is 387 g/mol. The van der Waals surface area contributed by atoms with Gasteiger partial charge in [-0.05, 0) is 43.5 Å². The Hall–Kier alpha value is -1.28. The van der Waals surface area contributed by atoms with Crippen LogP contribution in [-0.4, -0.2) is 43.3 Å². The van der Waals surface area contributed by atoms with Gasteiger partial charge < -0.3 is 10.6 Å². The van der Waals surface area contributed by atoms with Crippen molar-refractivity contribution >= 4 is 22.0 Å². The van der Waals surface area contributed by atoms with Crippen LogP contribution in [0.5, 0.6) is 0 Å². The number of carbonyl (C=O) groups excluding carboxylic acids is 1. The molecule has 1 heterocycles. The van der Waals surface area contributed by atoms with Crippen LogP contribution in [0, 0.1) is 5.92 Å². The largest absolute Gasteiger partial charge is 0.401 e. The Bertz CT molecular complexity index is 550. The van der Waals surface area contributed by atoms with E-state index in [0.717, 1.165) is 10.0 Å². The summed E-state index contributed by atoms with van der Waals surface area (Å²) >= 11 is 3.36. The van der Waals surface area contributed by atoms with Crippen LogP contribution in [0.15, 0.2) is 28.7 Å². The molecule has 0 saturated carbocycles. The molecule has 1 saturated heterocycles. The number of halogens is 4. The molecule has 4 nitrogen and oxygen atoms in total. The first-order chi connectivity index (χ1) is 11.2. The van der Waals surface area contributed by atoms with Gasteiger partial charge in [0.15, 0.2) is 0 Å². The van der Waals surface area contributed by atoms with Gasteiger partial charge in [-0.2, -0.15) is 13.2 Å². The molecule has 1 aromatic rings. The number of likely N-dealkylation sites (tertiary alicyclic amines) is 1. The first kappa shape index (κ1) is 19.1. The van der Waals surface area contributed by atoms with Crippen LogP contribution in [0.2, 0.25) is 0 Å². The second-order valence-electron chi connectivity index (χ2n) is 6.13. The van der Waals surface area contributed by atoms with E-state index in [1.54, 1.807) is 0 Å². The van der Waals surface area contributed by atoms with Crippen LogP contribution in [0.3, 0.4) is 0 Å². The molecule has 1 fully saturated rings. The summed E-state index contributed by atoms with van der Waals surface area (Å²) < 4.78 is 38.0. The van der Waals surface area contributed by atoms with E-state index in [-0.39, 0.29) is 18.0 Å². The smallest absolute Gasteiger partial charge is 0.338 e. The number of amides is 2. The third-order valence-electron chi connectivity index (χ3n) is 4.04. The SMILES string of the molecule is C[C@@H](NC(=O)NC[C@H]1CCN(CC(F)(F)F)C1)c1ccc(Br)cc1. The molecule has 24 heavy (non-hydrogen) atoms. The lowest BCUT2D eigenvalue weighted by Gasteiger charge is -2.19. The Morgan fingerprint density at radius 3 is 2.67 bits per heavy atom. The predicted octanol–water partition coefficient (Wildman–Crippen LogP) is 3.69. The van der Waals surface area contributed by atoms with Crippen molar-refractivity contribution in [2.75, 3.05) is 26.2 Å². The molecule has 1 aromatic carbocycles. The van der Waals surface area contributed by atoms with E-state index in [0.29, 0.717) is 26.1 Å². The fourth-order valence-electron chi connectivity index (χ4n) is 2.80. The molecule has 0 aliphatic carbocycles. The van der Waals surface area contributed by atoms with Gasteiger partial charge in [0.1, 0.15) is 0 Å². The first-order valence-electron chi connectivity index (χ1n) is 7.82. The monoisotopic (exact) mass is 407 g/mol. The minimum atomic E-state index is -4.17. The van der Waals surface area contributed by atoms with E-state index in [1.807, 2.05) is 31.2 Å². The number of alkyl halides is 3. The summed E-state index contributed by atoms with van der Waals surface area (Å²) in [7, 11) is 0. The lowest BCUT2D eigenvalue weighted by Crippen LogP contribution is -2.40. The highest BCUT2D eigenvalue weighted by Gasteiger charge is 2.34. The van der Waals surface area contributed by atoms with E-state index in [9.17, 15) is 18.0 Å². The Morgan fingerprint density at radius 1 is 1.38 bits per heavy atom. The number of hydrogen-bond donors (Lipinski definition) is 2. The number of benzene rings is 1. The zero-order valence-electron chi connectivity index (χ0n) is 13.4. The number of rotatable bonds is 5. The third kappa shape index (κ3) is 6.32. The molecule has 0 spiro atoms. The molecule has 0 bridgehead atoms. The van der Waals surface area contributed by atoms with E-state index in [2.05, 4.69) is 26.6 Å². The molecule has 2 N–H and O–H groups in total. The minimum absolute atomic E-state index is 0.0566. The maximum atomic E-state index is 12.4. The Balaban J connectivity index is 1.71. The lowest BCUT2D eigenvalue weighted by atomic mass is 10.1. The Labute approximate surface area is 147 Å². The van der Waals surface area contributed by atoms with Crippen molar-refractivity contribution in [1.29, 1.82) is 0 Å². The van der Waals surface area contributed by atoms with E-state index >= 15 is 0 Å². The maximum absolute atomic E-state index is 12.4. The molecular formula is C16H21BrF3N3O. The predicted molar refractivity (Wildman–Crippen MR) is 89.7 cm³/mol. The van der Waals surface area contributed by atoms with Crippen molar-refractivity contribution in [3.8, 4) is 0 Å². The van der Waals surface area contributed by atoms with Gasteiger partial charge >= 0.3 is 12.2 Å². The van der Waals surface area contributed by atoms with Crippen LogP contribution in [0.4, 0.5) is 18.0 Å². The molecule has 134 valence electrons. The lowest BCUT2D eigenvalue weighted by molar-refractivity contribution is -0.143. The van der Waals surface area contributed by atoms with Gasteiger partial charge in [-0.15, -0.1) is 0 Å². The van der Waals surface area contributed by atoms with Gasteiger partial charge in [0, 0.05) is 17.6 Å². The zero-order valence-corrected chi connectivity index (χ0v) is 15.0. The van der Waals surface area contributed by atoms with Crippen LogP contribution in [0.1, 0.15) is 24.9 Å². The maximum Gasteiger partial charge on any atom is 0.401 e. The summed E-state index contributed by atoms with van der Waals surface area (Å²) in [6.45, 7) is 2.16. The summed E-state index contributed by atoms with van der Waals surface area (Å²) in [6.07, 6.45) is -3.50. The average molecular weight is 408 g/mol. The summed E-state index contributed by atoms with van der Waals surface area (Å²) in [5.41, 5.74) is 0.977. The third-order valence-corrected chi connectivity index (χ3v) is 4.57. The van der Waals surface area contributed by atoms with Gasteiger partial charge in [-0.1, -0.05) is 28.1 Å². The van der Waals surface area contributed by atoms with Gasteiger partial charge in [-0.25, -0.2) is 4.79 Å². The fourth-order valence-corrected chi connectivity index (χ4v) is 3.06. The number of hydrogen-bond acceptors (Lipinski definition) is 2. The normalized spacial score (nSPS) is 20.0. The topological polar surface area (TPSA) is 44.4 Å². The van der Waals surface area contributed by atoms with Crippen LogP contribution >= 0.6 is 15.9 Å². The van der Waals surface area contributed by atoms with Crippen molar-refractivity contribution in [3.05, 3.63) is 34.3 Å². The Morgan fingerprint density at radius 2 is 2.04 bits per heavy atom. The zero-order chi connectivity index (χ0) is 17.7. The van der Waals surface area contributed by atoms with Crippen LogP contribution < -0.4 is 10.6 Å². The Kier molecular flexibility index (Phi) is 6.51. The molecule has 0 aromatic heterocycles. The molecule has 2 amide bonds. The molecule has 2 rings (SSSR count). The highest BCUT2D eigenvalue weighted by molar-refractivity contribution is 9.10. The van der Waals surface area contributed by atoms with E-state index in [1.165, 1.54) is 4.90 Å². The average Bonchev–Trinajstić information content (AvgIpc) is 2.91. The molecule has 0 radical (unpaired) electrons. The molecule has 0 unspecified atom stereocenters. The van der Waals surface area contributed by atoms with Crippen LogP contribution in [-0.2, 0) is 0 Å². The standard InChI is InChI=1S/C16H21BrF3N3O/c1-11(13-2-4-14(17)5-3-13)22-15(24)21-8-12-6-7-23(9-12)10-16(18,19)20/h2-5,11-12H,6-10H2,1H3,(H2,21,22,24)/t11-,12-/m1/s1. The van der Waals surface area contributed by atoms with Crippen molar-refractivity contribution in [2.45, 2.75) is 25.6 Å². The summed E-state index contributed by atoms with van der Waals surface area (Å²) in [5.74, 6) is 0.0566. The minimum Gasteiger partial charge on any atom is -0.338 e. The summed E-state index contributed by atoms with van der Waals surface area (Å²) in [5, 5.41) is 5.58. The van der Waals surface area contributed by atoms with Crippen molar-refractivity contribution in [1.82, 2.24) is 15.5 Å². The number of carbonyl (C=O) groups is 1. The highest BCUT2D eigenvalue weighted by atomic mass is 79.9.